The first-order chi connectivity index (χ1) is 16.5. The predicted molar refractivity (Wildman–Crippen MR) is 132 cm³/mol. The molecule has 1 aromatic heterocycles. The molecule has 0 saturated carbocycles. The monoisotopic (exact) mass is 476 g/mol. The molecule has 1 aliphatic carbocycles. The van der Waals surface area contributed by atoms with Crippen LogP contribution in [0.1, 0.15) is 63.4 Å². The Morgan fingerprint density at radius 3 is 2.56 bits per heavy atom. The number of aromatic nitrogens is 1. The third-order valence-corrected chi connectivity index (χ3v) is 6.75. The Hall–Kier alpha value is -3.32. The van der Waals surface area contributed by atoms with E-state index in [2.05, 4.69) is 10.3 Å². The van der Waals surface area contributed by atoms with Gasteiger partial charge in [-0.3, -0.25) is 14.4 Å². The van der Waals surface area contributed by atoms with E-state index < -0.39 is 5.97 Å². The van der Waals surface area contributed by atoms with Gasteiger partial charge in [0.05, 0.1) is 18.5 Å². The first-order valence-corrected chi connectivity index (χ1v) is 12.4. The summed E-state index contributed by atoms with van der Waals surface area (Å²) in [5.41, 5.74) is 5.72. The van der Waals surface area contributed by atoms with E-state index in [0.29, 0.717) is 16.3 Å². The number of carbonyl (C=O) groups excluding carboxylic acids is 3. The molecular formula is C27H28N2O4S. The molecule has 0 atom stereocenters. The van der Waals surface area contributed by atoms with Gasteiger partial charge in [-0.15, -0.1) is 11.3 Å². The van der Waals surface area contributed by atoms with Crippen LogP contribution in [0.2, 0.25) is 0 Å². The molecule has 34 heavy (non-hydrogen) atoms. The maximum Gasteiger partial charge on any atom is 0.306 e. The topological polar surface area (TPSA) is 85.4 Å². The molecule has 0 radical (unpaired) electrons. The van der Waals surface area contributed by atoms with Crippen molar-refractivity contribution in [1.29, 1.82) is 0 Å². The molecule has 0 unspecified atom stereocenters. The van der Waals surface area contributed by atoms with E-state index in [1.165, 1.54) is 28.9 Å². The van der Waals surface area contributed by atoms with Gasteiger partial charge in [0.15, 0.2) is 5.78 Å². The Morgan fingerprint density at radius 2 is 1.76 bits per heavy atom. The zero-order valence-electron chi connectivity index (χ0n) is 19.3. The molecule has 0 saturated heterocycles. The number of esters is 1. The van der Waals surface area contributed by atoms with Crippen LogP contribution in [0.15, 0.2) is 47.8 Å². The van der Waals surface area contributed by atoms with E-state index >= 15 is 0 Å². The Kier molecular flexibility index (Phi) is 7.85. The zero-order chi connectivity index (χ0) is 23.9. The molecule has 7 heteroatoms. The predicted octanol–water partition coefficient (Wildman–Crippen LogP) is 5.22. The summed E-state index contributed by atoms with van der Waals surface area (Å²) in [7, 11) is 0. The van der Waals surface area contributed by atoms with E-state index in [0.717, 1.165) is 30.5 Å². The summed E-state index contributed by atoms with van der Waals surface area (Å²) in [6, 6.07) is 13.5. The maximum absolute atomic E-state index is 12.5. The van der Waals surface area contributed by atoms with E-state index in [1.807, 2.05) is 49.4 Å². The fourth-order valence-corrected chi connectivity index (χ4v) is 4.75. The number of rotatable bonds is 9. The van der Waals surface area contributed by atoms with Gasteiger partial charge < -0.3 is 10.1 Å². The number of hydrogen-bond acceptors (Lipinski definition) is 6. The molecule has 0 aliphatic heterocycles. The van der Waals surface area contributed by atoms with Crippen LogP contribution in [0.5, 0.6) is 0 Å². The minimum Gasteiger partial charge on any atom is -0.459 e. The number of nitrogens with one attached hydrogen (secondary N) is 1. The Labute approximate surface area is 203 Å². The van der Waals surface area contributed by atoms with Gasteiger partial charge in [0, 0.05) is 23.1 Å². The summed E-state index contributed by atoms with van der Waals surface area (Å²) in [6.45, 7) is 2.02. The Balaban J connectivity index is 1.19. The standard InChI is InChI=1S/C27H28N2O4S/c1-18-6-10-22(11-7-18)28-25(31)15-26-29-23(17-34-26)16-33-27(32)13-12-24(30)21-9-8-19-4-2-3-5-20(19)14-21/h6-11,14,17H,2-5,12-13,15-16H2,1H3,(H,28,31). The van der Waals surface area contributed by atoms with E-state index in [4.69, 9.17) is 4.74 Å². The van der Waals surface area contributed by atoms with Gasteiger partial charge >= 0.3 is 5.97 Å². The van der Waals surface area contributed by atoms with Crippen molar-refractivity contribution >= 4 is 34.7 Å². The SMILES string of the molecule is Cc1ccc(NC(=O)Cc2nc(COC(=O)CCC(=O)c3ccc4c(c3)CCCC4)cs2)cc1. The number of thiazole rings is 1. The molecule has 1 heterocycles. The molecule has 0 spiro atoms. The van der Waals surface area contributed by atoms with Crippen molar-refractivity contribution in [3.05, 3.63) is 80.8 Å². The second kappa shape index (κ2) is 11.2. The maximum atomic E-state index is 12.5. The Bertz CT molecular complexity index is 1180. The number of amides is 1. The summed E-state index contributed by atoms with van der Waals surface area (Å²) in [5.74, 6) is -0.624. The molecule has 1 N–H and O–H groups in total. The number of anilines is 1. The lowest BCUT2D eigenvalue weighted by atomic mass is 9.89. The smallest absolute Gasteiger partial charge is 0.306 e. The van der Waals surface area contributed by atoms with Crippen LogP contribution < -0.4 is 5.32 Å². The van der Waals surface area contributed by atoms with E-state index in [1.54, 1.807) is 5.38 Å². The molecular weight excluding hydrogens is 448 g/mol. The van der Waals surface area contributed by atoms with Crippen molar-refractivity contribution < 1.29 is 19.1 Å². The van der Waals surface area contributed by atoms with Crippen LogP contribution in [0.4, 0.5) is 5.69 Å². The Morgan fingerprint density at radius 1 is 1.00 bits per heavy atom. The summed E-state index contributed by atoms with van der Waals surface area (Å²) in [6.07, 6.45) is 4.76. The molecule has 0 fully saturated rings. The number of carbonyl (C=O) groups is 3. The lowest BCUT2D eigenvalue weighted by Crippen LogP contribution is -2.14. The van der Waals surface area contributed by atoms with E-state index in [-0.39, 0.29) is 37.6 Å². The number of nitrogens with zero attached hydrogens (tertiary/aromatic N) is 1. The lowest BCUT2D eigenvalue weighted by molar-refractivity contribution is -0.145. The largest absolute Gasteiger partial charge is 0.459 e. The minimum atomic E-state index is -0.432. The van der Waals surface area contributed by atoms with Crippen molar-refractivity contribution in [3.63, 3.8) is 0 Å². The quantitative estimate of drug-likeness (QED) is 0.338. The van der Waals surface area contributed by atoms with Gasteiger partial charge in [0.2, 0.25) is 5.91 Å². The van der Waals surface area contributed by atoms with Crippen molar-refractivity contribution in [2.75, 3.05) is 5.32 Å². The zero-order valence-corrected chi connectivity index (χ0v) is 20.1. The third-order valence-electron chi connectivity index (χ3n) is 5.85. The number of aryl methyl sites for hydroxylation is 3. The van der Waals surface area contributed by atoms with E-state index in [9.17, 15) is 14.4 Å². The number of ether oxygens (including phenoxy) is 1. The van der Waals surface area contributed by atoms with Crippen LogP contribution in [0.25, 0.3) is 0 Å². The fraction of sp³-hybridized carbons (Fsp3) is 0.333. The number of hydrogen-bond donors (Lipinski definition) is 1. The second-order valence-electron chi connectivity index (χ2n) is 8.60. The van der Waals surface area contributed by atoms with Crippen LogP contribution in [-0.2, 0) is 40.2 Å². The molecule has 1 aliphatic rings. The summed E-state index contributed by atoms with van der Waals surface area (Å²) in [5, 5.41) is 5.27. The van der Waals surface area contributed by atoms with Crippen LogP contribution in [0, 0.1) is 6.92 Å². The van der Waals surface area contributed by atoms with Crippen molar-refractivity contribution in [2.45, 2.75) is 58.5 Å². The van der Waals surface area contributed by atoms with Crippen LogP contribution in [-0.4, -0.2) is 22.6 Å². The molecule has 4 rings (SSSR count). The highest BCUT2D eigenvalue weighted by Crippen LogP contribution is 2.23. The van der Waals surface area contributed by atoms with Gasteiger partial charge in [-0.05, 0) is 61.9 Å². The number of Topliss-reactive ketones (excluding diaryl/α,β-unsaturated/α-hetero) is 1. The van der Waals surface area contributed by atoms with Gasteiger partial charge in [0.25, 0.3) is 0 Å². The molecule has 6 nitrogen and oxygen atoms in total. The van der Waals surface area contributed by atoms with Crippen molar-refractivity contribution in [1.82, 2.24) is 4.98 Å². The van der Waals surface area contributed by atoms with Gasteiger partial charge in [-0.25, -0.2) is 4.98 Å². The van der Waals surface area contributed by atoms with Crippen molar-refractivity contribution in [2.24, 2.45) is 0 Å². The first-order valence-electron chi connectivity index (χ1n) is 11.6. The number of benzene rings is 2. The minimum absolute atomic E-state index is 0.0297. The lowest BCUT2D eigenvalue weighted by Gasteiger charge is -2.16. The first kappa shape index (κ1) is 23.8. The van der Waals surface area contributed by atoms with Gasteiger partial charge in [-0.2, -0.15) is 0 Å². The normalized spacial score (nSPS) is 12.6. The van der Waals surface area contributed by atoms with Gasteiger partial charge in [0.1, 0.15) is 11.6 Å². The summed E-state index contributed by atoms with van der Waals surface area (Å²) >= 11 is 1.35. The summed E-state index contributed by atoms with van der Waals surface area (Å²) in [4.78, 5) is 41.2. The molecule has 0 bridgehead atoms. The highest BCUT2D eigenvalue weighted by Gasteiger charge is 2.15. The number of fused-ring (bicyclic) bond motifs is 1. The molecule has 3 aromatic rings. The number of ketones is 1. The van der Waals surface area contributed by atoms with Crippen LogP contribution in [0.3, 0.4) is 0 Å². The average molecular weight is 477 g/mol. The highest BCUT2D eigenvalue weighted by molar-refractivity contribution is 7.09. The second-order valence-corrected chi connectivity index (χ2v) is 9.54. The summed E-state index contributed by atoms with van der Waals surface area (Å²) < 4.78 is 5.28. The van der Waals surface area contributed by atoms with Gasteiger partial charge in [-0.1, -0.05) is 29.8 Å². The molecule has 1 amide bonds. The fourth-order valence-electron chi connectivity index (χ4n) is 3.97. The third kappa shape index (κ3) is 6.60. The molecule has 176 valence electrons. The average Bonchev–Trinajstić information content (AvgIpc) is 3.29. The molecule has 2 aromatic carbocycles. The van der Waals surface area contributed by atoms with Crippen molar-refractivity contribution in [3.8, 4) is 0 Å². The highest BCUT2D eigenvalue weighted by atomic mass is 32.1. The van der Waals surface area contributed by atoms with Crippen LogP contribution >= 0.6 is 11.3 Å².